The number of aryl methyl sites for hydroxylation is 1. The molecule has 0 amide bonds. The predicted octanol–water partition coefficient (Wildman–Crippen LogP) is 0.943. The van der Waals surface area contributed by atoms with Crippen molar-refractivity contribution in [1.29, 1.82) is 0 Å². The number of nitrogens with one attached hydrogen (secondary N) is 1. The van der Waals surface area contributed by atoms with Gasteiger partial charge in [-0.1, -0.05) is 0 Å². The Morgan fingerprint density at radius 3 is 2.72 bits per heavy atom. The number of rotatable bonds is 5. The van der Waals surface area contributed by atoms with Crippen LogP contribution in [0.5, 0.6) is 0 Å². The molecule has 0 aromatic carbocycles. The van der Waals surface area contributed by atoms with Gasteiger partial charge in [-0.15, -0.1) is 0 Å². The van der Waals surface area contributed by atoms with Gasteiger partial charge in [0.1, 0.15) is 11.4 Å². The number of hydrogen-bond acceptors (Lipinski definition) is 4. The maximum atomic E-state index is 13.5. The van der Waals surface area contributed by atoms with E-state index < -0.39 is 15.7 Å². The summed E-state index contributed by atoms with van der Waals surface area (Å²) in [5, 5.41) is -0.107. The Hall–Kier alpha value is -0.920. The summed E-state index contributed by atoms with van der Waals surface area (Å²) in [5.74, 6) is 0.536. The van der Waals surface area contributed by atoms with Gasteiger partial charge in [0.2, 0.25) is 5.09 Å². The third-order valence-electron chi connectivity index (χ3n) is 3.22. The SMILES string of the molecule is Cc1ccc(S(=O)(=O)NCC2CC(F)(CN)C2)o1. The Kier molecular flexibility index (Phi) is 3.48. The first kappa shape index (κ1) is 13.5. The zero-order valence-electron chi connectivity index (χ0n) is 10.1. The molecular weight excluding hydrogens is 259 g/mol. The van der Waals surface area contributed by atoms with Gasteiger partial charge in [-0.3, -0.25) is 0 Å². The molecule has 1 saturated carbocycles. The second-order valence-corrected chi connectivity index (χ2v) is 6.54. The standard InChI is InChI=1S/C11H17FN2O3S/c1-8-2-3-10(17-8)18(15,16)14-6-9-4-11(12,5-9)7-13/h2-3,9,14H,4-7,13H2,1H3. The highest BCUT2D eigenvalue weighted by Crippen LogP contribution is 2.40. The molecule has 0 bridgehead atoms. The molecule has 2 rings (SSSR count). The number of halogens is 1. The minimum atomic E-state index is -3.63. The third kappa shape index (κ3) is 2.73. The Morgan fingerprint density at radius 2 is 2.22 bits per heavy atom. The second kappa shape index (κ2) is 4.64. The predicted molar refractivity (Wildman–Crippen MR) is 64.3 cm³/mol. The van der Waals surface area contributed by atoms with Crippen LogP contribution in [0.25, 0.3) is 0 Å². The highest BCUT2D eigenvalue weighted by atomic mass is 32.2. The maximum Gasteiger partial charge on any atom is 0.273 e. The molecule has 0 spiro atoms. The molecule has 0 atom stereocenters. The number of nitrogens with two attached hydrogens (primary N) is 1. The van der Waals surface area contributed by atoms with Gasteiger partial charge in [-0.25, -0.2) is 17.5 Å². The summed E-state index contributed by atoms with van der Waals surface area (Å²) >= 11 is 0. The number of alkyl halides is 1. The van der Waals surface area contributed by atoms with E-state index in [2.05, 4.69) is 4.72 Å². The largest absolute Gasteiger partial charge is 0.449 e. The highest BCUT2D eigenvalue weighted by molar-refractivity contribution is 7.89. The van der Waals surface area contributed by atoms with E-state index in [1.807, 2.05) is 0 Å². The summed E-state index contributed by atoms with van der Waals surface area (Å²) in [6, 6.07) is 2.98. The molecule has 5 nitrogen and oxygen atoms in total. The van der Waals surface area contributed by atoms with E-state index in [0.717, 1.165) is 0 Å². The van der Waals surface area contributed by atoms with Crippen LogP contribution in [0.4, 0.5) is 4.39 Å². The first-order valence-corrected chi connectivity index (χ1v) is 7.28. The van der Waals surface area contributed by atoms with E-state index in [1.165, 1.54) is 6.07 Å². The third-order valence-corrected chi connectivity index (χ3v) is 4.51. The van der Waals surface area contributed by atoms with E-state index >= 15 is 0 Å². The van der Waals surface area contributed by atoms with Gasteiger partial charge in [0, 0.05) is 13.1 Å². The van der Waals surface area contributed by atoms with Crippen LogP contribution in [-0.4, -0.2) is 27.2 Å². The monoisotopic (exact) mass is 276 g/mol. The molecular formula is C11H17FN2O3S. The quantitative estimate of drug-likeness (QED) is 0.838. The van der Waals surface area contributed by atoms with E-state index in [9.17, 15) is 12.8 Å². The first-order chi connectivity index (χ1) is 8.35. The van der Waals surface area contributed by atoms with Crippen molar-refractivity contribution in [3.05, 3.63) is 17.9 Å². The van der Waals surface area contributed by atoms with Crippen molar-refractivity contribution in [2.75, 3.05) is 13.1 Å². The Morgan fingerprint density at radius 1 is 1.56 bits per heavy atom. The van der Waals surface area contributed by atoms with Gasteiger partial charge in [-0.05, 0) is 37.8 Å². The summed E-state index contributed by atoms with van der Waals surface area (Å²) in [5.41, 5.74) is 3.97. The van der Waals surface area contributed by atoms with Crippen molar-refractivity contribution < 1.29 is 17.2 Å². The van der Waals surface area contributed by atoms with E-state index in [0.29, 0.717) is 18.6 Å². The summed E-state index contributed by atoms with van der Waals surface area (Å²) in [6.45, 7) is 1.88. The lowest BCUT2D eigenvalue weighted by Gasteiger charge is -2.40. The molecule has 0 unspecified atom stereocenters. The molecule has 1 heterocycles. The summed E-state index contributed by atoms with van der Waals surface area (Å²) in [4.78, 5) is 0. The lowest BCUT2D eigenvalue weighted by molar-refractivity contribution is 0.0184. The maximum absolute atomic E-state index is 13.5. The molecule has 1 aromatic rings. The van der Waals surface area contributed by atoms with Crippen LogP contribution in [-0.2, 0) is 10.0 Å². The molecule has 1 aromatic heterocycles. The minimum absolute atomic E-state index is 0.00406. The minimum Gasteiger partial charge on any atom is -0.449 e. The first-order valence-electron chi connectivity index (χ1n) is 5.80. The van der Waals surface area contributed by atoms with Crippen molar-refractivity contribution in [1.82, 2.24) is 4.72 Å². The van der Waals surface area contributed by atoms with Crippen molar-refractivity contribution in [3.8, 4) is 0 Å². The molecule has 3 N–H and O–H groups in total. The van der Waals surface area contributed by atoms with E-state index in [1.54, 1.807) is 13.0 Å². The molecule has 1 aliphatic rings. The fourth-order valence-corrected chi connectivity index (χ4v) is 3.23. The van der Waals surface area contributed by atoms with Crippen molar-refractivity contribution in [2.24, 2.45) is 11.7 Å². The Labute approximate surface area is 106 Å². The molecule has 1 aliphatic carbocycles. The van der Waals surface area contributed by atoms with Crippen LogP contribution < -0.4 is 10.5 Å². The number of hydrogen-bond donors (Lipinski definition) is 2. The van der Waals surface area contributed by atoms with Gasteiger partial charge in [0.25, 0.3) is 10.0 Å². The highest BCUT2D eigenvalue weighted by Gasteiger charge is 2.43. The molecule has 0 aliphatic heterocycles. The van der Waals surface area contributed by atoms with Crippen LogP contribution in [0.15, 0.2) is 21.6 Å². The van der Waals surface area contributed by atoms with Gasteiger partial charge in [0.05, 0.1) is 0 Å². The van der Waals surface area contributed by atoms with Gasteiger partial charge in [-0.2, -0.15) is 0 Å². The fourth-order valence-electron chi connectivity index (χ4n) is 2.14. The summed E-state index contributed by atoms with van der Waals surface area (Å²) in [6.07, 6.45) is 0.617. The fraction of sp³-hybridized carbons (Fsp3) is 0.636. The molecule has 102 valence electrons. The molecule has 7 heteroatoms. The van der Waals surface area contributed by atoms with Gasteiger partial charge < -0.3 is 10.2 Å². The summed E-state index contributed by atoms with van der Waals surface area (Å²) in [7, 11) is -3.63. The number of sulfonamides is 1. The van der Waals surface area contributed by atoms with Crippen LogP contribution in [0.2, 0.25) is 0 Å². The average Bonchev–Trinajstić information content (AvgIpc) is 2.70. The topological polar surface area (TPSA) is 85.3 Å². The van der Waals surface area contributed by atoms with Gasteiger partial charge in [0.15, 0.2) is 0 Å². The normalized spacial score (nSPS) is 28.1. The molecule has 0 radical (unpaired) electrons. The van der Waals surface area contributed by atoms with E-state index in [-0.39, 0.29) is 24.1 Å². The molecule has 1 fully saturated rings. The van der Waals surface area contributed by atoms with Crippen molar-refractivity contribution in [3.63, 3.8) is 0 Å². The lowest BCUT2D eigenvalue weighted by atomic mass is 9.72. The summed E-state index contributed by atoms with van der Waals surface area (Å²) < 4.78 is 44.6. The Balaban J connectivity index is 1.88. The van der Waals surface area contributed by atoms with Crippen LogP contribution in [0.3, 0.4) is 0 Å². The lowest BCUT2D eigenvalue weighted by Crippen LogP contribution is -2.49. The molecule has 18 heavy (non-hydrogen) atoms. The zero-order chi connectivity index (χ0) is 13.4. The van der Waals surface area contributed by atoms with E-state index in [4.69, 9.17) is 10.2 Å². The smallest absolute Gasteiger partial charge is 0.273 e. The number of furan rings is 1. The second-order valence-electron chi connectivity index (χ2n) is 4.85. The van der Waals surface area contributed by atoms with Crippen molar-refractivity contribution >= 4 is 10.0 Å². The van der Waals surface area contributed by atoms with Gasteiger partial charge >= 0.3 is 0 Å². The zero-order valence-corrected chi connectivity index (χ0v) is 11.0. The average molecular weight is 276 g/mol. The molecule has 0 saturated heterocycles. The van der Waals surface area contributed by atoms with Crippen molar-refractivity contribution in [2.45, 2.75) is 30.5 Å². The van der Waals surface area contributed by atoms with Crippen LogP contribution in [0, 0.1) is 12.8 Å². The van der Waals surface area contributed by atoms with Crippen LogP contribution in [0.1, 0.15) is 18.6 Å². The van der Waals surface area contributed by atoms with Crippen LogP contribution >= 0.6 is 0 Å². The Bertz CT molecular complexity index is 520.